The summed E-state index contributed by atoms with van der Waals surface area (Å²) in [6.45, 7) is 4.57. The van der Waals surface area contributed by atoms with E-state index in [1.165, 1.54) is 107 Å². The van der Waals surface area contributed by atoms with Crippen LogP contribution in [0.15, 0.2) is 36.4 Å². The van der Waals surface area contributed by atoms with E-state index in [1.807, 2.05) is 0 Å². The molecule has 30 heavy (non-hydrogen) atoms. The van der Waals surface area contributed by atoms with Crippen molar-refractivity contribution < 1.29 is 0 Å². The Morgan fingerprint density at radius 3 is 2.07 bits per heavy atom. The van der Waals surface area contributed by atoms with Gasteiger partial charge in [-0.15, -0.1) is 0 Å². The summed E-state index contributed by atoms with van der Waals surface area (Å²) in [7, 11) is 0. The van der Waals surface area contributed by atoms with Crippen molar-refractivity contribution in [3.8, 4) is 11.3 Å². The number of nitrogens with zero attached hydrogens (tertiary/aromatic N) is 2. The average molecular weight is 407 g/mol. The van der Waals surface area contributed by atoms with Crippen LogP contribution in [-0.4, -0.2) is 10.2 Å². The monoisotopic (exact) mass is 406 g/mol. The van der Waals surface area contributed by atoms with Crippen LogP contribution in [0.1, 0.15) is 114 Å². The highest BCUT2D eigenvalue weighted by Crippen LogP contribution is 2.37. The number of unbranched alkanes of at least 4 members (excludes halogenated alkanes) is 6. The van der Waals surface area contributed by atoms with Crippen molar-refractivity contribution in [1.82, 2.24) is 10.2 Å². The van der Waals surface area contributed by atoms with Gasteiger partial charge in [-0.25, -0.2) is 0 Å². The largest absolute Gasteiger partial charge is 0.155 e. The van der Waals surface area contributed by atoms with Crippen molar-refractivity contribution in [3.63, 3.8) is 0 Å². The van der Waals surface area contributed by atoms with E-state index in [-0.39, 0.29) is 0 Å². The SMILES string of the molecule is CCCCCCCc1ccc(-c2ccc([C@H]3CC[C@H](CCCCC)CC3)nn2)cc1. The van der Waals surface area contributed by atoms with Crippen LogP contribution >= 0.6 is 0 Å². The van der Waals surface area contributed by atoms with Crippen molar-refractivity contribution in [1.29, 1.82) is 0 Å². The van der Waals surface area contributed by atoms with Gasteiger partial charge in [-0.1, -0.05) is 89.5 Å². The summed E-state index contributed by atoms with van der Waals surface area (Å²) >= 11 is 0. The van der Waals surface area contributed by atoms with Gasteiger partial charge in [0.1, 0.15) is 0 Å². The van der Waals surface area contributed by atoms with Gasteiger partial charge >= 0.3 is 0 Å². The third-order valence-electron chi connectivity index (χ3n) is 6.98. The minimum absolute atomic E-state index is 0.615. The molecule has 2 nitrogen and oxygen atoms in total. The van der Waals surface area contributed by atoms with Crippen molar-refractivity contribution >= 4 is 0 Å². The molecule has 2 aromatic rings. The molecular formula is C28H42N2. The number of rotatable bonds is 12. The Kier molecular flexibility index (Phi) is 9.86. The molecule has 1 saturated carbocycles. The molecule has 0 radical (unpaired) electrons. The van der Waals surface area contributed by atoms with E-state index in [0.29, 0.717) is 5.92 Å². The molecule has 1 aliphatic carbocycles. The smallest absolute Gasteiger partial charge is 0.0929 e. The maximum absolute atomic E-state index is 4.63. The van der Waals surface area contributed by atoms with Crippen LogP contribution in [0, 0.1) is 5.92 Å². The quantitative estimate of drug-likeness (QED) is 0.330. The minimum atomic E-state index is 0.615. The number of hydrogen-bond acceptors (Lipinski definition) is 2. The van der Waals surface area contributed by atoms with Gasteiger partial charge < -0.3 is 0 Å². The van der Waals surface area contributed by atoms with E-state index >= 15 is 0 Å². The molecule has 1 aromatic carbocycles. The number of hydrogen-bond donors (Lipinski definition) is 0. The third-order valence-corrected chi connectivity index (χ3v) is 6.98. The first kappa shape index (κ1) is 23.0. The molecule has 1 fully saturated rings. The molecule has 1 aliphatic rings. The summed E-state index contributed by atoms with van der Waals surface area (Å²) < 4.78 is 0. The van der Waals surface area contributed by atoms with Gasteiger partial charge in [0.05, 0.1) is 11.4 Å². The zero-order valence-corrected chi connectivity index (χ0v) is 19.4. The number of benzene rings is 1. The molecule has 0 bridgehead atoms. The van der Waals surface area contributed by atoms with E-state index in [0.717, 1.165) is 11.6 Å². The lowest BCUT2D eigenvalue weighted by Gasteiger charge is -2.28. The van der Waals surface area contributed by atoms with Crippen molar-refractivity contribution in [2.24, 2.45) is 5.92 Å². The van der Waals surface area contributed by atoms with Gasteiger partial charge in [-0.2, -0.15) is 10.2 Å². The van der Waals surface area contributed by atoms with Gasteiger partial charge in [-0.05, 0) is 62.1 Å². The van der Waals surface area contributed by atoms with E-state index < -0.39 is 0 Å². The summed E-state index contributed by atoms with van der Waals surface area (Å²) in [4.78, 5) is 0. The van der Waals surface area contributed by atoms with E-state index in [1.54, 1.807) is 0 Å². The molecular weight excluding hydrogens is 364 g/mol. The Labute approximate surface area is 184 Å². The lowest BCUT2D eigenvalue weighted by atomic mass is 9.78. The maximum Gasteiger partial charge on any atom is 0.0929 e. The standard InChI is InChI=1S/C28H42N2/c1-3-5-7-8-10-12-24-15-19-26(20-16-24)28-22-21-27(29-30-28)25-17-13-23(14-18-25)11-9-6-4-2/h15-16,19-23,25H,3-14,17-18H2,1-2H3/t23-,25-. The number of aryl methyl sites for hydroxylation is 1. The molecule has 1 heterocycles. The average Bonchev–Trinajstić information content (AvgIpc) is 2.80. The second-order valence-electron chi connectivity index (χ2n) is 9.42. The Bertz CT molecular complexity index is 696. The van der Waals surface area contributed by atoms with Crippen LogP contribution in [0.3, 0.4) is 0 Å². The Morgan fingerprint density at radius 2 is 1.40 bits per heavy atom. The minimum Gasteiger partial charge on any atom is -0.155 e. The first-order valence-corrected chi connectivity index (χ1v) is 12.7. The molecule has 0 N–H and O–H groups in total. The molecule has 164 valence electrons. The van der Waals surface area contributed by atoms with Crippen molar-refractivity contribution in [3.05, 3.63) is 47.7 Å². The summed E-state index contributed by atoms with van der Waals surface area (Å²) in [6, 6.07) is 13.4. The van der Waals surface area contributed by atoms with Gasteiger partial charge in [0.25, 0.3) is 0 Å². The highest BCUT2D eigenvalue weighted by molar-refractivity contribution is 5.58. The summed E-state index contributed by atoms with van der Waals surface area (Å²) in [5, 5.41) is 9.21. The van der Waals surface area contributed by atoms with Crippen LogP contribution in [0.25, 0.3) is 11.3 Å². The van der Waals surface area contributed by atoms with Gasteiger partial charge in [0.15, 0.2) is 0 Å². The first-order valence-electron chi connectivity index (χ1n) is 12.7. The number of aromatic nitrogens is 2. The zero-order chi connectivity index (χ0) is 21.0. The Balaban J connectivity index is 1.46. The molecule has 0 spiro atoms. The summed E-state index contributed by atoms with van der Waals surface area (Å²) in [5.41, 5.74) is 4.83. The molecule has 2 heteroatoms. The molecule has 3 rings (SSSR count). The topological polar surface area (TPSA) is 25.8 Å². The molecule has 0 saturated heterocycles. The second-order valence-corrected chi connectivity index (χ2v) is 9.42. The predicted octanol–water partition coefficient (Wildman–Crippen LogP) is 8.51. The molecule has 0 amide bonds. The van der Waals surface area contributed by atoms with Gasteiger partial charge in [-0.3, -0.25) is 0 Å². The lowest BCUT2D eigenvalue weighted by molar-refractivity contribution is 0.299. The fraction of sp³-hybridized carbons (Fsp3) is 0.643. The highest BCUT2D eigenvalue weighted by atomic mass is 15.1. The van der Waals surface area contributed by atoms with Crippen LogP contribution < -0.4 is 0 Å². The molecule has 0 aliphatic heterocycles. The first-order chi connectivity index (χ1) is 14.8. The molecule has 1 aromatic heterocycles. The summed E-state index contributed by atoms with van der Waals surface area (Å²) in [6.07, 6.45) is 18.8. The van der Waals surface area contributed by atoms with Crippen LogP contribution in [0.2, 0.25) is 0 Å². The summed E-state index contributed by atoms with van der Waals surface area (Å²) in [5.74, 6) is 1.56. The van der Waals surface area contributed by atoms with E-state index in [9.17, 15) is 0 Å². The van der Waals surface area contributed by atoms with Crippen molar-refractivity contribution in [2.75, 3.05) is 0 Å². The molecule has 0 unspecified atom stereocenters. The van der Waals surface area contributed by atoms with Crippen LogP contribution in [-0.2, 0) is 6.42 Å². The van der Waals surface area contributed by atoms with Gasteiger partial charge in [0.2, 0.25) is 0 Å². The highest BCUT2D eigenvalue weighted by Gasteiger charge is 2.23. The predicted molar refractivity (Wildman–Crippen MR) is 129 cm³/mol. The van der Waals surface area contributed by atoms with E-state index in [2.05, 4.69) is 60.4 Å². The van der Waals surface area contributed by atoms with Crippen molar-refractivity contribution in [2.45, 2.75) is 110 Å². The van der Waals surface area contributed by atoms with E-state index in [4.69, 9.17) is 0 Å². The normalized spacial score (nSPS) is 19.1. The van der Waals surface area contributed by atoms with Crippen LogP contribution in [0.5, 0.6) is 0 Å². The third kappa shape index (κ3) is 7.22. The Hall–Kier alpha value is -1.70. The van der Waals surface area contributed by atoms with Gasteiger partial charge in [0, 0.05) is 11.5 Å². The maximum atomic E-state index is 4.63. The fourth-order valence-electron chi connectivity index (χ4n) is 4.92. The fourth-order valence-corrected chi connectivity index (χ4v) is 4.92. The molecule has 0 atom stereocenters. The zero-order valence-electron chi connectivity index (χ0n) is 19.4. The Morgan fingerprint density at radius 1 is 0.700 bits per heavy atom. The van der Waals surface area contributed by atoms with Crippen LogP contribution in [0.4, 0.5) is 0 Å². The second kappa shape index (κ2) is 12.9. The lowest BCUT2D eigenvalue weighted by Crippen LogP contribution is -2.14.